The number of fused-ring (bicyclic) bond motifs is 1. The molecule has 0 aromatic heterocycles. The van der Waals surface area contributed by atoms with E-state index in [-0.39, 0.29) is 0 Å². The highest BCUT2D eigenvalue weighted by Gasteiger charge is 2.36. The molecule has 0 spiro atoms. The van der Waals surface area contributed by atoms with Gasteiger partial charge in [0.15, 0.2) is 5.96 Å². The van der Waals surface area contributed by atoms with E-state index in [0.29, 0.717) is 12.1 Å². The van der Waals surface area contributed by atoms with Crippen molar-refractivity contribution in [3.63, 3.8) is 0 Å². The molecule has 3 rings (SSSR count). The molecule has 1 heterocycles. The highest BCUT2D eigenvalue weighted by Crippen LogP contribution is 2.36. The van der Waals surface area contributed by atoms with E-state index in [1.165, 1.54) is 57.8 Å². The van der Waals surface area contributed by atoms with Crippen molar-refractivity contribution in [2.45, 2.75) is 69.9 Å². The Morgan fingerprint density at radius 2 is 1.71 bits per heavy atom. The van der Waals surface area contributed by atoms with Crippen molar-refractivity contribution < 1.29 is 0 Å². The van der Waals surface area contributed by atoms with E-state index in [1.807, 2.05) is 0 Å². The molecule has 0 aromatic rings. The summed E-state index contributed by atoms with van der Waals surface area (Å²) < 4.78 is 0. The van der Waals surface area contributed by atoms with E-state index < -0.39 is 0 Å². The molecule has 3 aliphatic rings. The maximum Gasteiger partial charge on any atom is 0.191 e. The average molecular weight is 235 g/mol. The molecule has 0 amide bonds. The van der Waals surface area contributed by atoms with Crippen LogP contribution in [0.25, 0.3) is 0 Å². The van der Waals surface area contributed by atoms with Crippen LogP contribution >= 0.6 is 0 Å². The number of hydrogen-bond donors (Lipinski definition) is 1. The van der Waals surface area contributed by atoms with Gasteiger partial charge in [-0.25, -0.2) is 4.99 Å². The third-order valence-electron chi connectivity index (χ3n) is 4.93. The summed E-state index contributed by atoms with van der Waals surface area (Å²) >= 11 is 0. The summed E-state index contributed by atoms with van der Waals surface area (Å²) in [5.41, 5.74) is 6.26. The third kappa shape index (κ3) is 2.29. The van der Waals surface area contributed by atoms with Gasteiger partial charge in [0.2, 0.25) is 0 Å². The topological polar surface area (TPSA) is 41.6 Å². The van der Waals surface area contributed by atoms with Crippen LogP contribution in [0.2, 0.25) is 0 Å². The van der Waals surface area contributed by atoms with Gasteiger partial charge in [0.25, 0.3) is 0 Å². The summed E-state index contributed by atoms with van der Waals surface area (Å²) in [6, 6.07) is 1.24. The van der Waals surface area contributed by atoms with Crippen LogP contribution in [0, 0.1) is 5.92 Å². The molecule has 3 fully saturated rings. The number of nitrogens with zero attached hydrogens (tertiary/aromatic N) is 2. The van der Waals surface area contributed by atoms with Crippen molar-refractivity contribution in [2.75, 3.05) is 6.54 Å². The molecule has 17 heavy (non-hydrogen) atoms. The van der Waals surface area contributed by atoms with E-state index in [0.717, 1.165) is 18.4 Å². The number of guanidine groups is 1. The van der Waals surface area contributed by atoms with Crippen molar-refractivity contribution in [3.05, 3.63) is 0 Å². The summed E-state index contributed by atoms with van der Waals surface area (Å²) in [5.74, 6) is 1.76. The van der Waals surface area contributed by atoms with Gasteiger partial charge >= 0.3 is 0 Å². The second-order valence-electron chi connectivity index (χ2n) is 6.02. The van der Waals surface area contributed by atoms with E-state index in [1.54, 1.807) is 0 Å². The monoisotopic (exact) mass is 235 g/mol. The zero-order valence-corrected chi connectivity index (χ0v) is 10.8. The normalized spacial score (nSPS) is 35.3. The largest absolute Gasteiger partial charge is 0.370 e. The summed E-state index contributed by atoms with van der Waals surface area (Å²) in [6.45, 7) is 1.14. The highest BCUT2D eigenvalue weighted by molar-refractivity contribution is 5.78. The lowest BCUT2D eigenvalue weighted by Gasteiger charge is -2.38. The first-order valence-corrected chi connectivity index (χ1v) is 7.44. The van der Waals surface area contributed by atoms with Gasteiger partial charge < -0.3 is 10.6 Å². The molecule has 0 bridgehead atoms. The van der Waals surface area contributed by atoms with Gasteiger partial charge in [-0.2, -0.15) is 0 Å². The Kier molecular flexibility index (Phi) is 3.26. The van der Waals surface area contributed by atoms with Crippen LogP contribution in [0.4, 0.5) is 0 Å². The number of piperidine rings is 1. The molecular weight excluding hydrogens is 210 g/mol. The van der Waals surface area contributed by atoms with E-state index >= 15 is 0 Å². The van der Waals surface area contributed by atoms with Gasteiger partial charge in [0, 0.05) is 12.6 Å². The van der Waals surface area contributed by atoms with Crippen LogP contribution in [-0.2, 0) is 0 Å². The van der Waals surface area contributed by atoms with Crippen LogP contribution in [-0.4, -0.2) is 29.5 Å². The first kappa shape index (κ1) is 11.4. The maximum absolute atomic E-state index is 6.26. The molecule has 2 unspecified atom stereocenters. The number of hydrogen-bond acceptors (Lipinski definition) is 1. The molecule has 0 aromatic carbocycles. The Morgan fingerprint density at radius 1 is 0.941 bits per heavy atom. The van der Waals surface area contributed by atoms with Crippen molar-refractivity contribution in [1.29, 1.82) is 0 Å². The number of nitrogens with two attached hydrogens (primary N) is 1. The Balaban J connectivity index is 1.69. The van der Waals surface area contributed by atoms with E-state index in [2.05, 4.69) is 4.90 Å². The van der Waals surface area contributed by atoms with Crippen LogP contribution < -0.4 is 5.73 Å². The summed E-state index contributed by atoms with van der Waals surface area (Å²) in [4.78, 5) is 7.21. The van der Waals surface area contributed by atoms with E-state index in [4.69, 9.17) is 10.7 Å². The van der Waals surface area contributed by atoms with Crippen LogP contribution in [0.3, 0.4) is 0 Å². The van der Waals surface area contributed by atoms with Gasteiger partial charge in [-0.1, -0.05) is 19.3 Å². The molecule has 1 saturated heterocycles. The SMILES string of the molecule is NC(=NC1CCCC1)N1CCCC2CCCC21. The van der Waals surface area contributed by atoms with Crippen molar-refractivity contribution in [1.82, 2.24) is 4.90 Å². The fraction of sp³-hybridized carbons (Fsp3) is 0.929. The van der Waals surface area contributed by atoms with Gasteiger partial charge in [0.1, 0.15) is 0 Å². The Bertz CT molecular complexity index is 294. The van der Waals surface area contributed by atoms with Gasteiger partial charge in [-0.15, -0.1) is 0 Å². The Hall–Kier alpha value is -0.730. The highest BCUT2D eigenvalue weighted by atomic mass is 15.3. The Morgan fingerprint density at radius 3 is 2.53 bits per heavy atom. The molecule has 2 atom stereocenters. The van der Waals surface area contributed by atoms with Gasteiger partial charge in [-0.3, -0.25) is 0 Å². The van der Waals surface area contributed by atoms with Gasteiger partial charge in [0.05, 0.1) is 6.04 Å². The molecule has 3 nitrogen and oxygen atoms in total. The summed E-state index contributed by atoms with van der Waals surface area (Å²) in [7, 11) is 0. The predicted molar refractivity (Wildman–Crippen MR) is 70.9 cm³/mol. The lowest BCUT2D eigenvalue weighted by Crippen LogP contribution is -2.49. The predicted octanol–water partition coefficient (Wildman–Crippen LogP) is 2.51. The Labute approximate surface area is 104 Å². The van der Waals surface area contributed by atoms with Crippen molar-refractivity contribution in [2.24, 2.45) is 16.6 Å². The van der Waals surface area contributed by atoms with Crippen molar-refractivity contribution >= 4 is 5.96 Å². The number of aliphatic imine (C=N–C) groups is 1. The van der Waals surface area contributed by atoms with Crippen LogP contribution in [0.15, 0.2) is 4.99 Å². The lowest BCUT2D eigenvalue weighted by molar-refractivity contribution is 0.188. The molecule has 2 aliphatic carbocycles. The minimum absolute atomic E-state index is 0.525. The number of likely N-dealkylation sites (tertiary alicyclic amines) is 1. The quantitative estimate of drug-likeness (QED) is 0.560. The molecule has 1 aliphatic heterocycles. The zero-order valence-electron chi connectivity index (χ0n) is 10.8. The standard InChI is InChI=1S/C14H25N3/c15-14(16-12-7-1-2-8-12)17-10-4-6-11-5-3-9-13(11)17/h11-13H,1-10H2,(H2,15,16). The van der Waals surface area contributed by atoms with E-state index in [9.17, 15) is 0 Å². The molecule has 0 radical (unpaired) electrons. The van der Waals surface area contributed by atoms with Crippen LogP contribution in [0.5, 0.6) is 0 Å². The van der Waals surface area contributed by atoms with Crippen LogP contribution in [0.1, 0.15) is 57.8 Å². The molecule has 2 saturated carbocycles. The summed E-state index contributed by atoms with van der Waals surface area (Å²) in [6.07, 6.45) is 12.1. The van der Waals surface area contributed by atoms with Gasteiger partial charge in [-0.05, 0) is 44.4 Å². The minimum Gasteiger partial charge on any atom is -0.370 e. The first-order chi connectivity index (χ1) is 8.34. The molecule has 3 heteroatoms. The minimum atomic E-state index is 0.525. The number of rotatable bonds is 1. The molecular formula is C14H25N3. The molecule has 2 N–H and O–H groups in total. The third-order valence-corrected chi connectivity index (χ3v) is 4.93. The smallest absolute Gasteiger partial charge is 0.191 e. The zero-order chi connectivity index (χ0) is 11.7. The average Bonchev–Trinajstić information content (AvgIpc) is 2.97. The first-order valence-electron chi connectivity index (χ1n) is 7.44. The molecule has 96 valence electrons. The summed E-state index contributed by atoms with van der Waals surface area (Å²) in [5, 5.41) is 0. The maximum atomic E-state index is 6.26. The second-order valence-corrected chi connectivity index (χ2v) is 6.02. The second kappa shape index (κ2) is 4.87. The fourth-order valence-corrected chi connectivity index (χ4v) is 4.03. The van der Waals surface area contributed by atoms with Crippen molar-refractivity contribution in [3.8, 4) is 0 Å². The lowest BCUT2D eigenvalue weighted by atomic mass is 9.92. The fourth-order valence-electron chi connectivity index (χ4n) is 4.03.